The molecule has 100 valence electrons. The van der Waals surface area contributed by atoms with Crippen molar-refractivity contribution in [2.75, 3.05) is 18.9 Å². The monoisotopic (exact) mass is 277 g/mol. The Bertz CT molecular complexity index is 497. The van der Waals surface area contributed by atoms with Crippen molar-refractivity contribution in [3.8, 4) is 11.5 Å². The van der Waals surface area contributed by atoms with Gasteiger partial charge in [-0.1, -0.05) is 35.9 Å². The third-order valence-corrected chi connectivity index (χ3v) is 2.84. The van der Waals surface area contributed by atoms with Crippen LogP contribution in [-0.2, 0) is 0 Å². The molecule has 0 aliphatic rings. The van der Waals surface area contributed by atoms with E-state index in [9.17, 15) is 0 Å². The Labute approximate surface area is 117 Å². The number of nitrogens with two attached hydrogens (primary N) is 1. The fourth-order valence-electron chi connectivity index (χ4n) is 1.62. The second-order valence-electron chi connectivity index (χ2n) is 4.02. The standard InChI is InChI=1S/C15H16ClNO2/c16-13-8-4-9-14(17)15(13)19-11-5-10-18-12-6-2-1-3-7-12/h1-4,6-9H,5,10-11,17H2. The van der Waals surface area contributed by atoms with Crippen LogP contribution in [0.25, 0.3) is 0 Å². The van der Waals surface area contributed by atoms with Crippen LogP contribution in [0, 0.1) is 0 Å². The molecule has 2 aromatic rings. The molecule has 3 nitrogen and oxygen atoms in total. The van der Waals surface area contributed by atoms with E-state index in [4.69, 9.17) is 26.8 Å². The average Bonchev–Trinajstić information content (AvgIpc) is 2.42. The van der Waals surface area contributed by atoms with Crippen molar-refractivity contribution < 1.29 is 9.47 Å². The van der Waals surface area contributed by atoms with Crippen molar-refractivity contribution in [2.45, 2.75) is 6.42 Å². The molecule has 0 saturated carbocycles. The van der Waals surface area contributed by atoms with Crippen LogP contribution in [0.1, 0.15) is 6.42 Å². The quantitative estimate of drug-likeness (QED) is 0.646. The molecule has 0 spiro atoms. The third kappa shape index (κ3) is 4.07. The maximum atomic E-state index is 6.00. The lowest BCUT2D eigenvalue weighted by atomic mass is 10.3. The van der Waals surface area contributed by atoms with Crippen molar-refractivity contribution in [2.24, 2.45) is 0 Å². The molecule has 0 bridgehead atoms. The van der Waals surface area contributed by atoms with E-state index in [2.05, 4.69) is 0 Å². The summed E-state index contributed by atoms with van der Waals surface area (Å²) in [5.41, 5.74) is 6.34. The van der Waals surface area contributed by atoms with Crippen LogP contribution in [0.4, 0.5) is 5.69 Å². The first-order valence-electron chi connectivity index (χ1n) is 6.12. The van der Waals surface area contributed by atoms with Gasteiger partial charge in [-0.05, 0) is 24.3 Å². The highest BCUT2D eigenvalue weighted by Crippen LogP contribution is 2.30. The highest BCUT2D eigenvalue weighted by Gasteiger charge is 2.05. The predicted molar refractivity (Wildman–Crippen MR) is 77.9 cm³/mol. The van der Waals surface area contributed by atoms with Crippen LogP contribution in [0.5, 0.6) is 11.5 Å². The molecule has 0 fully saturated rings. The highest BCUT2D eigenvalue weighted by atomic mass is 35.5. The summed E-state index contributed by atoms with van der Waals surface area (Å²) in [5, 5.41) is 0.531. The van der Waals surface area contributed by atoms with Gasteiger partial charge in [-0.2, -0.15) is 0 Å². The number of hydrogen-bond donors (Lipinski definition) is 1. The lowest BCUT2D eigenvalue weighted by molar-refractivity contribution is 0.248. The zero-order valence-electron chi connectivity index (χ0n) is 10.5. The summed E-state index contributed by atoms with van der Waals surface area (Å²) in [4.78, 5) is 0. The topological polar surface area (TPSA) is 44.5 Å². The molecule has 0 saturated heterocycles. The zero-order chi connectivity index (χ0) is 13.5. The molecule has 2 aromatic carbocycles. The number of benzene rings is 2. The summed E-state index contributed by atoms with van der Waals surface area (Å²) in [5.74, 6) is 1.41. The minimum Gasteiger partial charge on any atom is -0.493 e. The molecule has 0 radical (unpaired) electrons. The summed E-state index contributed by atoms with van der Waals surface area (Å²) >= 11 is 6.00. The number of ether oxygens (including phenoxy) is 2. The Hall–Kier alpha value is -1.87. The first-order chi connectivity index (χ1) is 9.27. The molecular weight excluding hydrogens is 262 g/mol. The summed E-state index contributed by atoms with van der Waals surface area (Å²) < 4.78 is 11.1. The lowest BCUT2D eigenvalue weighted by Gasteiger charge is -2.11. The van der Waals surface area contributed by atoms with Crippen molar-refractivity contribution >= 4 is 17.3 Å². The van der Waals surface area contributed by atoms with E-state index < -0.39 is 0 Å². The first kappa shape index (κ1) is 13.6. The van der Waals surface area contributed by atoms with Gasteiger partial charge in [0.15, 0.2) is 5.75 Å². The summed E-state index contributed by atoms with van der Waals surface area (Å²) in [6.07, 6.45) is 0.763. The molecule has 0 aliphatic heterocycles. The molecular formula is C15H16ClNO2. The molecule has 2 N–H and O–H groups in total. The van der Waals surface area contributed by atoms with Gasteiger partial charge in [0, 0.05) is 6.42 Å². The first-order valence-corrected chi connectivity index (χ1v) is 6.50. The van der Waals surface area contributed by atoms with E-state index in [-0.39, 0.29) is 0 Å². The van der Waals surface area contributed by atoms with Gasteiger partial charge < -0.3 is 15.2 Å². The van der Waals surface area contributed by atoms with Crippen LogP contribution >= 0.6 is 11.6 Å². The smallest absolute Gasteiger partial charge is 0.160 e. The predicted octanol–water partition coefficient (Wildman–Crippen LogP) is 3.77. The molecule has 0 atom stereocenters. The molecule has 4 heteroatoms. The average molecular weight is 278 g/mol. The second-order valence-corrected chi connectivity index (χ2v) is 4.43. The Kier molecular flexibility index (Phi) is 4.93. The SMILES string of the molecule is Nc1cccc(Cl)c1OCCCOc1ccccc1. The van der Waals surface area contributed by atoms with E-state index in [0.717, 1.165) is 12.2 Å². The number of para-hydroxylation sites is 2. The van der Waals surface area contributed by atoms with E-state index in [1.807, 2.05) is 30.3 Å². The van der Waals surface area contributed by atoms with E-state index in [0.29, 0.717) is 29.7 Å². The van der Waals surface area contributed by atoms with Crippen LogP contribution in [0.3, 0.4) is 0 Å². The van der Waals surface area contributed by atoms with Crippen molar-refractivity contribution in [1.82, 2.24) is 0 Å². The number of hydrogen-bond acceptors (Lipinski definition) is 3. The van der Waals surface area contributed by atoms with Gasteiger partial charge >= 0.3 is 0 Å². The van der Waals surface area contributed by atoms with Gasteiger partial charge in [-0.3, -0.25) is 0 Å². The van der Waals surface area contributed by atoms with E-state index >= 15 is 0 Å². The van der Waals surface area contributed by atoms with Gasteiger partial charge in [0.1, 0.15) is 5.75 Å². The van der Waals surface area contributed by atoms with Crippen molar-refractivity contribution in [1.29, 1.82) is 0 Å². The van der Waals surface area contributed by atoms with Crippen LogP contribution in [0.15, 0.2) is 48.5 Å². The minimum atomic E-state index is 0.515. The molecule has 0 aliphatic carbocycles. The minimum absolute atomic E-state index is 0.515. The number of nitrogen functional groups attached to an aromatic ring is 1. The Morgan fingerprint density at radius 2 is 1.63 bits per heavy atom. The fraction of sp³-hybridized carbons (Fsp3) is 0.200. The number of rotatable bonds is 6. The molecule has 2 rings (SSSR count). The zero-order valence-corrected chi connectivity index (χ0v) is 11.3. The number of halogens is 1. The lowest BCUT2D eigenvalue weighted by Crippen LogP contribution is -2.06. The van der Waals surface area contributed by atoms with Gasteiger partial charge in [0.05, 0.1) is 23.9 Å². The van der Waals surface area contributed by atoms with E-state index in [1.165, 1.54) is 0 Å². The van der Waals surface area contributed by atoms with Gasteiger partial charge in [-0.15, -0.1) is 0 Å². The molecule has 0 aromatic heterocycles. The fourth-order valence-corrected chi connectivity index (χ4v) is 1.85. The molecule has 0 amide bonds. The van der Waals surface area contributed by atoms with Gasteiger partial charge in [0.2, 0.25) is 0 Å². The van der Waals surface area contributed by atoms with E-state index in [1.54, 1.807) is 18.2 Å². The second kappa shape index (κ2) is 6.90. The highest BCUT2D eigenvalue weighted by molar-refractivity contribution is 6.32. The summed E-state index contributed by atoms with van der Waals surface area (Å²) in [6.45, 7) is 1.11. The van der Waals surface area contributed by atoms with Crippen molar-refractivity contribution in [3.05, 3.63) is 53.6 Å². The Morgan fingerprint density at radius 1 is 0.895 bits per heavy atom. The molecule has 19 heavy (non-hydrogen) atoms. The summed E-state index contributed by atoms with van der Waals surface area (Å²) in [6, 6.07) is 15.0. The van der Waals surface area contributed by atoms with Crippen LogP contribution < -0.4 is 15.2 Å². The summed E-state index contributed by atoms with van der Waals surface area (Å²) in [7, 11) is 0. The van der Waals surface area contributed by atoms with Crippen LogP contribution in [0.2, 0.25) is 5.02 Å². The van der Waals surface area contributed by atoms with Crippen LogP contribution in [-0.4, -0.2) is 13.2 Å². The maximum Gasteiger partial charge on any atom is 0.160 e. The van der Waals surface area contributed by atoms with Crippen molar-refractivity contribution in [3.63, 3.8) is 0 Å². The number of anilines is 1. The third-order valence-electron chi connectivity index (χ3n) is 2.54. The Morgan fingerprint density at radius 3 is 2.37 bits per heavy atom. The maximum absolute atomic E-state index is 6.00. The largest absolute Gasteiger partial charge is 0.493 e. The molecule has 0 unspecified atom stereocenters. The van der Waals surface area contributed by atoms with Gasteiger partial charge in [0.25, 0.3) is 0 Å². The van der Waals surface area contributed by atoms with Gasteiger partial charge in [-0.25, -0.2) is 0 Å². The molecule has 0 heterocycles. The normalized spacial score (nSPS) is 10.2. The Balaban J connectivity index is 1.73.